The van der Waals surface area contributed by atoms with Crippen LogP contribution in [0.1, 0.15) is 37.5 Å². The number of amides is 3. The molecule has 1 atom stereocenters. The van der Waals surface area contributed by atoms with Crippen molar-refractivity contribution in [2.75, 3.05) is 7.11 Å². The van der Waals surface area contributed by atoms with Gasteiger partial charge in [-0.3, -0.25) is 9.69 Å². The fraction of sp³-hybridized carbons (Fsp3) is 0.412. The van der Waals surface area contributed by atoms with Gasteiger partial charge in [0.2, 0.25) is 5.89 Å². The van der Waals surface area contributed by atoms with Crippen LogP contribution in [0.2, 0.25) is 0 Å². The van der Waals surface area contributed by atoms with Crippen molar-refractivity contribution in [3.05, 3.63) is 41.5 Å². The van der Waals surface area contributed by atoms with E-state index in [4.69, 9.17) is 9.26 Å². The van der Waals surface area contributed by atoms with E-state index >= 15 is 0 Å². The highest BCUT2D eigenvalue weighted by molar-refractivity contribution is 6.07. The fourth-order valence-corrected chi connectivity index (χ4v) is 2.92. The number of urea groups is 1. The van der Waals surface area contributed by atoms with Gasteiger partial charge >= 0.3 is 6.03 Å². The highest BCUT2D eigenvalue weighted by Crippen LogP contribution is 2.33. The van der Waals surface area contributed by atoms with E-state index in [2.05, 4.69) is 15.5 Å². The molecule has 2 aromatic rings. The number of hydrogen-bond donors (Lipinski definition) is 1. The standard InChI is InChI=1S/C17H20N4O4/c1-4-13-18-14(25-20-13)10-21-15(22)17(5-2,19-16(21)23)11-6-8-12(24-3)9-7-11/h6-9H,4-5,10H2,1-3H3,(H,19,23)/t17-/m1/s1. The van der Waals surface area contributed by atoms with E-state index in [1.165, 1.54) is 0 Å². The zero-order valence-corrected chi connectivity index (χ0v) is 14.4. The molecular formula is C17H20N4O4. The first kappa shape index (κ1) is 16.9. The SMILES string of the molecule is CCc1noc(CN2C(=O)N[C@](CC)(c3ccc(OC)cc3)C2=O)n1. The molecule has 25 heavy (non-hydrogen) atoms. The molecule has 1 aromatic heterocycles. The van der Waals surface area contributed by atoms with E-state index in [0.717, 1.165) is 4.90 Å². The van der Waals surface area contributed by atoms with Gasteiger partial charge in [0.25, 0.3) is 5.91 Å². The third kappa shape index (κ3) is 2.84. The van der Waals surface area contributed by atoms with Crippen LogP contribution in [-0.4, -0.2) is 34.1 Å². The smallest absolute Gasteiger partial charge is 0.325 e. The lowest BCUT2D eigenvalue weighted by molar-refractivity contribution is -0.132. The number of methoxy groups -OCH3 is 1. The Kier molecular flexibility index (Phi) is 4.43. The minimum absolute atomic E-state index is 0.0461. The van der Waals surface area contributed by atoms with Crippen molar-refractivity contribution in [3.8, 4) is 5.75 Å². The van der Waals surface area contributed by atoms with Crippen molar-refractivity contribution in [1.29, 1.82) is 0 Å². The van der Waals surface area contributed by atoms with E-state index in [0.29, 0.717) is 30.0 Å². The summed E-state index contributed by atoms with van der Waals surface area (Å²) in [6, 6.07) is 6.62. The predicted molar refractivity (Wildman–Crippen MR) is 87.7 cm³/mol. The Labute approximate surface area is 145 Å². The molecule has 1 aromatic carbocycles. The van der Waals surface area contributed by atoms with E-state index in [-0.39, 0.29) is 18.3 Å². The maximum Gasteiger partial charge on any atom is 0.325 e. The molecule has 1 N–H and O–H groups in total. The number of benzene rings is 1. The lowest BCUT2D eigenvalue weighted by Gasteiger charge is -2.25. The molecular weight excluding hydrogens is 324 g/mol. The molecule has 0 bridgehead atoms. The van der Waals surface area contributed by atoms with Crippen molar-refractivity contribution >= 4 is 11.9 Å². The number of rotatable bonds is 6. The summed E-state index contributed by atoms with van der Waals surface area (Å²) < 4.78 is 10.2. The first-order chi connectivity index (χ1) is 12.0. The van der Waals surface area contributed by atoms with Gasteiger partial charge in [0, 0.05) is 6.42 Å². The molecule has 0 spiro atoms. The lowest BCUT2D eigenvalue weighted by atomic mass is 9.87. The summed E-state index contributed by atoms with van der Waals surface area (Å²) in [5.41, 5.74) is -0.395. The summed E-state index contributed by atoms with van der Waals surface area (Å²) in [6.07, 6.45) is 1.04. The zero-order valence-electron chi connectivity index (χ0n) is 14.4. The van der Waals surface area contributed by atoms with E-state index in [9.17, 15) is 9.59 Å². The van der Waals surface area contributed by atoms with Crippen LogP contribution in [0, 0.1) is 0 Å². The molecule has 0 unspecified atom stereocenters. The summed E-state index contributed by atoms with van der Waals surface area (Å²) in [5, 5.41) is 6.61. The number of carbonyl (C=O) groups excluding carboxylic acids is 2. The largest absolute Gasteiger partial charge is 0.497 e. The van der Waals surface area contributed by atoms with Crippen molar-refractivity contribution in [2.24, 2.45) is 0 Å². The number of nitrogens with one attached hydrogen (secondary N) is 1. The summed E-state index contributed by atoms with van der Waals surface area (Å²) in [7, 11) is 1.57. The van der Waals surface area contributed by atoms with Crippen LogP contribution in [0.5, 0.6) is 5.75 Å². The average Bonchev–Trinajstić information content (AvgIpc) is 3.20. The molecule has 0 radical (unpaired) electrons. The van der Waals surface area contributed by atoms with Crippen molar-refractivity contribution in [2.45, 2.75) is 38.8 Å². The highest BCUT2D eigenvalue weighted by Gasteiger charge is 2.51. The van der Waals surface area contributed by atoms with Gasteiger partial charge in [-0.2, -0.15) is 4.98 Å². The van der Waals surface area contributed by atoms with Gasteiger partial charge in [-0.1, -0.05) is 31.1 Å². The second kappa shape index (κ2) is 6.54. The van der Waals surface area contributed by atoms with E-state index < -0.39 is 11.6 Å². The third-order valence-corrected chi connectivity index (χ3v) is 4.41. The maximum absolute atomic E-state index is 13.0. The molecule has 8 nitrogen and oxygen atoms in total. The number of carbonyl (C=O) groups is 2. The van der Waals surface area contributed by atoms with Crippen LogP contribution in [0.4, 0.5) is 4.79 Å². The molecule has 0 saturated carbocycles. The normalized spacial score (nSPS) is 20.0. The van der Waals surface area contributed by atoms with Crippen molar-refractivity contribution in [3.63, 3.8) is 0 Å². The topological polar surface area (TPSA) is 97.6 Å². The lowest BCUT2D eigenvalue weighted by Crippen LogP contribution is -2.43. The molecule has 8 heteroatoms. The Morgan fingerprint density at radius 2 is 1.96 bits per heavy atom. The number of hydrogen-bond acceptors (Lipinski definition) is 6. The molecule has 1 aliphatic heterocycles. The number of ether oxygens (including phenoxy) is 1. The summed E-state index contributed by atoms with van der Waals surface area (Å²) >= 11 is 0. The minimum Gasteiger partial charge on any atom is -0.497 e. The Balaban J connectivity index is 1.88. The van der Waals surface area contributed by atoms with Crippen LogP contribution >= 0.6 is 0 Å². The van der Waals surface area contributed by atoms with Crippen molar-refractivity contribution < 1.29 is 18.8 Å². The molecule has 1 aliphatic rings. The van der Waals surface area contributed by atoms with Gasteiger partial charge in [0.15, 0.2) is 5.82 Å². The molecule has 2 heterocycles. The summed E-state index contributed by atoms with van der Waals surface area (Å²) in [6.45, 7) is 3.71. The van der Waals surface area contributed by atoms with Gasteiger partial charge in [-0.25, -0.2) is 4.79 Å². The van der Waals surface area contributed by atoms with Crippen LogP contribution in [0.25, 0.3) is 0 Å². The van der Waals surface area contributed by atoms with E-state index in [1.54, 1.807) is 31.4 Å². The second-order valence-electron chi connectivity index (χ2n) is 5.77. The number of aryl methyl sites for hydroxylation is 1. The maximum atomic E-state index is 13.0. The van der Waals surface area contributed by atoms with Crippen LogP contribution < -0.4 is 10.1 Å². The molecule has 1 saturated heterocycles. The fourth-order valence-electron chi connectivity index (χ4n) is 2.92. The Morgan fingerprint density at radius 3 is 2.52 bits per heavy atom. The first-order valence-corrected chi connectivity index (χ1v) is 8.14. The third-order valence-electron chi connectivity index (χ3n) is 4.41. The number of aromatic nitrogens is 2. The molecule has 132 valence electrons. The highest BCUT2D eigenvalue weighted by atomic mass is 16.5. The van der Waals surface area contributed by atoms with Gasteiger partial charge in [0.1, 0.15) is 17.8 Å². The molecule has 3 rings (SSSR count). The Hall–Kier alpha value is -2.90. The zero-order chi connectivity index (χ0) is 18.0. The average molecular weight is 344 g/mol. The molecule has 1 fully saturated rings. The molecule has 0 aliphatic carbocycles. The van der Waals surface area contributed by atoms with Gasteiger partial charge in [0.05, 0.1) is 7.11 Å². The summed E-state index contributed by atoms with van der Waals surface area (Å²) in [5.74, 6) is 1.13. The van der Waals surface area contributed by atoms with Gasteiger partial charge in [-0.15, -0.1) is 0 Å². The first-order valence-electron chi connectivity index (χ1n) is 8.14. The number of imide groups is 1. The van der Waals surface area contributed by atoms with Gasteiger partial charge in [-0.05, 0) is 24.1 Å². The van der Waals surface area contributed by atoms with Crippen LogP contribution in [-0.2, 0) is 23.3 Å². The second-order valence-corrected chi connectivity index (χ2v) is 5.77. The van der Waals surface area contributed by atoms with Crippen LogP contribution in [0.3, 0.4) is 0 Å². The van der Waals surface area contributed by atoms with Crippen LogP contribution in [0.15, 0.2) is 28.8 Å². The summed E-state index contributed by atoms with van der Waals surface area (Å²) in [4.78, 5) is 30.7. The van der Waals surface area contributed by atoms with Crippen molar-refractivity contribution in [1.82, 2.24) is 20.4 Å². The van der Waals surface area contributed by atoms with E-state index in [1.807, 2.05) is 13.8 Å². The predicted octanol–water partition coefficient (Wildman–Crippen LogP) is 2.00. The number of nitrogens with zero attached hydrogens (tertiary/aromatic N) is 3. The Bertz CT molecular complexity index is 786. The minimum atomic E-state index is -1.10. The Morgan fingerprint density at radius 1 is 1.24 bits per heavy atom. The quantitative estimate of drug-likeness (QED) is 0.805. The van der Waals surface area contributed by atoms with Gasteiger partial charge < -0.3 is 14.6 Å². The monoisotopic (exact) mass is 344 g/mol. The molecule has 3 amide bonds.